The monoisotopic (exact) mass is 389 g/mol. The van der Waals surface area contributed by atoms with E-state index in [4.69, 9.17) is 5.73 Å². The molecule has 20 heavy (non-hydrogen) atoms. The normalized spacial score (nSPS) is 16.6. The smallest absolute Gasteiger partial charge is 0.189 e. The van der Waals surface area contributed by atoms with Gasteiger partial charge in [-0.1, -0.05) is 43.5 Å². The first-order valence-electron chi connectivity index (χ1n) is 7.03. The molecule has 1 fully saturated rings. The number of benzene rings is 1. The van der Waals surface area contributed by atoms with E-state index in [-0.39, 0.29) is 30.6 Å². The molecule has 112 valence electrons. The van der Waals surface area contributed by atoms with Crippen LogP contribution in [0.5, 0.6) is 0 Å². The Hall–Kier alpha value is -0.820. The van der Waals surface area contributed by atoms with Crippen LogP contribution >= 0.6 is 24.0 Å². The summed E-state index contributed by atoms with van der Waals surface area (Å²) >= 11 is 0. The van der Waals surface area contributed by atoms with Crippen LogP contribution in [0.2, 0.25) is 0 Å². The van der Waals surface area contributed by atoms with Gasteiger partial charge in [-0.25, -0.2) is 4.99 Å². The van der Waals surface area contributed by atoms with Gasteiger partial charge in [0, 0.05) is 6.04 Å². The Labute approximate surface area is 137 Å². The SMILES string of the molecule is I.NC(=NCc1ccccc1CO)NC1CCCCC1. The van der Waals surface area contributed by atoms with Crippen LogP contribution < -0.4 is 11.1 Å². The maximum Gasteiger partial charge on any atom is 0.189 e. The Morgan fingerprint density at radius 3 is 2.50 bits per heavy atom. The fourth-order valence-electron chi connectivity index (χ4n) is 2.54. The number of hydrogen-bond donors (Lipinski definition) is 3. The van der Waals surface area contributed by atoms with Crippen LogP contribution in [0.3, 0.4) is 0 Å². The van der Waals surface area contributed by atoms with Crippen molar-refractivity contribution in [1.82, 2.24) is 5.32 Å². The molecule has 4 nitrogen and oxygen atoms in total. The third-order valence-corrected chi connectivity index (χ3v) is 3.67. The summed E-state index contributed by atoms with van der Waals surface area (Å²) in [5, 5.41) is 12.5. The molecule has 1 aliphatic carbocycles. The van der Waals surface area contributed by atoms with Gasteiger partial charge in [0.15, 0.2) is 5.96 Å². The summed E-state index contributed by atoms with van der Waals surface area (Å²) in [6, 6.07) is 8.24. The van der Waals surface area contributed by atoms with E-state index in [2.05, 4.69) is 10.3 Å². The predicted molar refractivity (Wildman–Crippen MR) is 93.1 cm³/mol. The van der Waals surface area contributed by atoms with Gasteiger partial charge in [0.25, 0.3) is 0 Å². The highest BCUT2D eigenvalue weighted by Gasteiger charge is 2.13. The van der Waals surface area contributed by atoms with Crippen LogP contribution in [-0.4, -0.2) is 17.1 Å². The number of aliphatic imine (C=N–C) groups is 1. The molecule has 1 saturated carbocycles. The summed E-state index contributed by atoms with van der Waals surface area (Å²) in [5.41, 5.74) is 7.86. The van der Waals surface area contributed by atoms with Gasteiger partial charge in [0.05, 0.1) is 13.2 Å². The van der Waals surface area contributed by atoms with Crippen molar-refractivity contribution in [3.63, 3.8) is 0 Å². The molecule has 2 rings (SSSR count). The van der Waals surface area contributed by atoms with Gasteiger partial charge in [0.1, 0.15) is 0 Å². The third-order valence-electron chi connectivity index (χ3n) is 3.67. The van der Waals surface area contributed by atoms with Crippen molar-refractivity contribution in [2.45, 2.75) is 51.3 Å². The molecule has 1 aromatic carbocycles. The summed E-state index contributed by atoms with van der Waals surface area (Å²) < 4.78 is 0. The van der Waals surface area contributed by atoms with Crippen molar-refractivity contribution in [2.24, 2.45) is 10.7 Å². The molecule has 0 unspecified atom stereocenters. The van der Waals surface area contributed by atoms with Crippen molar-refractivity contribution in [3.8, 4) is 0 Å². The van der Waals surface area contributed by atoms with Crippen molar-refractivity contribution in [3.05, 3.63) is 35.4 Å². The minimum Gasteiger partial charge on any atom is -0.392 e. The second kappa shape index (κ2) is 9.18. The first-order valence-corrected chi connectivity index (χ1v) is 7.03. The van der Waals surface area contributed by atoms with Crippen LogP contribution in [0.1, 0.15) is 43.2 Å². The highest BCUT2D eigenvalue weighted by atomic mass is 127. The lowest BCUT2D eigenvalue weighted by molar-refractivity contribution is 0.280. The number of aliphatic hydroxyl groups is 1. The summed E-state index contributed by atoms with van der Waals surface area (Å²) in [5.74, 6) is 0.514. The maximum absolute atomic E-state index is 9.25. The molecular weight excluding hydrogens is 365 g/mol. The molecule has 0 aromatic heterocycles. The minimum atomic E-state index is 0. The van der Waals surface area contributed by atoms with E-state index in [1.165, 1.54) is 32.1 Å². The highest BCUT2D eigenvalue weighted by Crippen LogP contribution is 2.17. The van der Waals surface area contributed by atoms with Crippen LogP contribution in [0.4, 0.5) is 0 Å². The van der Waals surface area contributed by atoms with Gasteiger partial charge in [-0.05, 0) is 24.0 Å². The van der Waals surface area contributed by atoms with E-state index in [1.807, 2.05) is 24.3 Å². The zero-order valence-corrected chi connectivity index (χ0v) is 14.0. The first kappa shape index (κ1) is 17.2. The number of halogens is 1. The molecule has 0 radical (unpaired) electrons. The Balaban J connectivity index is 0.00000200. The molecule has 4 N–H and O–H groups in total. The van der Waals surface area contributed by atoms with Crippen LogP contribution in [0, 0.1) is 0 Å². The third kappa shape index (κ3) is 5.28. The zero-order chi connectivity index (χ0) is 13.5. The second-order valence-corrected chi connectivity index (χ2v) is 5.11. The predicted octanol–water partition coefficient (Wildman–Crippen LogP) is 2.53. The van der Waals surface area contributed by atoms with E-state index in [0.29, 0.717) is 18.5 Å². The van der Waals surface area contributed by atoms with Gasteiger partial charge in [0.2, 0.25) is 0 Å². The van der Waals surface area contributed by atoms with Crippen LogP contribution in [0.15, 0.2) is 29.3 Å². The molecule has 0 amide bonds. The topological polar surface area (TPSA) is 70.6 Å². The lowest BCUT2D eigenvalue weighted by Gasteiger charge is -2.23. The van der Waals surface area contributed by atoms with Gasteiger partial charge in [-0.15, -0.1) is 24.0 Å². The van der Waals surface area contributed by atoms with Crippen molar-refractivity contribution >= 4 is 29.9 Å². The molecule has 1 aliphatic rings. The van der Waals surface area contributed by atoms with Gasteiger partial charge < -0.3 is 16.2 Å². The Morgan fingerprint density at radius 1 is 1.20 bits per heavy atom. The van der Waals surface area contributed by atoms with Crippen LogP contribution in [0.25, 0.3) is 0 Å². The molecular formula is C15H24IN3O. The number of hydrogen-bond acceptors (Lipinski definition) is 2. The minimum absolute atomic E-state index is 0. The molecule has 1 aromatic rings. The van der Waals surface area contributed by atoms with Crippen molar-refractivity contribution in [2.75, 3.05) is 0 Å². The summed E-state index contributed by atoms with van der Waals surface area (Å²) in [6.07, 6.45) is 6.25. The standard InChI is InChI=1S/C15H23N3O.HI/c16-15(18-14-8-2-1-3-9-14)17-10-12-6-4-5-7-13(12)11-19;/h4-7,14,19H,1-3,8-11H2,(H3,16,17,18);1H. The van der Waals surface area contributed by atoms with E-state index in [1.54, 1.807) is 0 Å². The number of rotatable bonds is 4. The summed E-state index contributed by atoms with van der Waals surface area (Å²) in [7, 11) is 0. The average molecular weight is 389 g/mol. The summed E-state index contributed by atoms with van der Waals surface area (Å²) in [6.45, 7) is 0.559. The molecule has 0 bridgehead atoms. The zero-order valence-electron chi connectivity index (χ0n) is 11.7. The summed E-state index contributed by atoms with van der Waals surface area (Å²) in [4.78, 5) is 4.37. The molecule has 0 spiro atoms. The quantitative estimate of drug-likeness (QED) is 0.421. The Bertz CT molecular complexity index is 431. The Kier molecular flexibility index (Phi) is 7.91. The largest absolute Gasteiger partial charge is 0.392 e. The van der Waals surface area contributed by atoms with Gasteiger partial charge in [-0.3, -0.25) is 0 Å². The van der Waals surface area contributed by atoms with E-state index in [0.717, 1.165) is 11.1 Å². The number of nitrogens with two attached hydrogens (primary N) is 1. The maximum atomic E-state index is 9.25. The number of guanidine groups is 1. The number of aliphatic hydroxyl groups excluding tert-OH is 1. The molecule has 0 aliphatic heterocycles. The number of nitrogens with zero attached hydrogens (tertiary/aromatic N) is 1. The molecule has 0 atom stereocenters. The van der Waals surface area contributed by atoms with Crippen molar-refractivity contribution in [1.29, 1.82) is 0 Å². The fourth-order valence-corrected chi connectivity index (χ4v) is 2.54. The fraction of sp³-hybridized carbons (Fsp3) is 0.533. The average Bonchev–Trinajstić information content (AvgIpc) is 2.46. The lowest BCUT2D eigenvalue weighted by Crippen LogP contribution is -2.41. The molecule has 0 heterocycles. The van der Waals surface area contributed by atoms with E-state index >= 15 is 0 Å². The second-order valence-electron chi connectivity index (χ2n) is 5.11. The van der Waals surface area contributed by atoms with Crippen LogP contribution in [-0.2, 0) is 13.2 Å². The highest BCUT2D eigenvalue weighted by molar-refractivity contribution is 14.0. The van der Waals surface area contributed by atoms with E-state index < -0.39 is 0 Å². The van der Waals surface area contributed by atoms with E-state index in [9.17, 15) is 5.11 Å². The number of nitrogens with one attached hydrogen (secondary N) is 1. The molecule has 0 saturated heterocycles. The Morgan fingerprint density at radius 2 is 1.85 bits per heavy atom. The van der Waals surface area contributed by atoms with Crippen molar-refractivity contribution < 1.29 is 5.11 Å². The van der Waals surface area contributed by atoms with Gasteiger partial charge in [-0.2, -0.15) is 0 Å². The first-order chi connectivity index (χ1) is 9.29. The molecule has 5 heteroatoms. The lowest BCUT2D eigenvalue weighted by atomic mass is 9.96. The van der Waals surface area contributed by atoms with Gasteiger partial charge >= 0.3 is 0 Å².